The van der Waals surface area contributed by atoms with E-state index in [2.05, 4.69) is 22.3 Å². The first-order valence-electron chi connectivity index (χ1n) is 9.50. The van der Waals surface area contributed by atoms with E-state index < -0.39 is 0 Å². The van der Waals surface area contributed by atoms with E-state index >= 15 is 0 Å². The van der Waals surface area contributed by atoms with Crippen LogP contribution >= 0.6 is 0 Å². The van der Waals surface area contributed by atoms with E-state index in [1.54, 1.807) is 14.2 Å². The monoisotopic (exact) mass is 368 g/mol. The topological polar surface area (TPSA) is 50.8 Å². The van der Waals surface area contributed by atoms with Gasteiger partial charge in [-0.05, 0) is 73.8 Å². The summed E-state index contributed by atoms with van der Waals surface area (Å²) in [5.74, 6) is 1.53. The van der Waals surface area contributed by atoms with Crippen molar-refractivity contribution in [2.45, 2.75) is 25.8 Å². The minimum Gasteiger partial charge on any atom is -0.497 e. The van der Waals surface area contributed by atoms with Crippen LogP contribution in [-0.2, 0) is 13.0 Å². The molecule has 1 aliphatic rings. The van der Waals surface area contributed by atoms with Crippen LogP contribution in [0.2, 0.25) is 0 Å². The number of carbonyl (C=O) groups is 1. The molecule has 2 aromatic carbocycles. The highest BCUT2D eigenvalue weighted by molar-refractivity contribution is 5.94. The summed E-state index contributed by atoms with van der Waals surface area (Å²) in [5.41, 5.74) is 2.96. The molecule has 1 fully saturated rings. The minimum atomic E-state index is -0.0513. The molecular formula is C22H28N2O3. The number of amides is 1. The van der Waals surface area contributed by atoms with E-state index in [4.69, 9.17) is 9.47 Å². The zero-order valence-corrected chi connectivity index (χ0v) is 16.2. The number of methoxy groups -OCH3 is 2. The zero-order valence-electron chi connectivity index (χ0n) is 16.2. The molecule has 2 aromatic rings. The van der Waals surface area contributed by atoms with Crippen molar-refractivity contribution in [2.24, 2.45) is 0 Å². The van der Waals surface area contributed by atoms with Crippen LogP contribution in [0.4, 0.5) is 0 Å². The molecule has 0 aromatic heterocycles. The third-order valence-corrected chi connectivity index (χ3v) is 4.99. The molecule has 0 bridgehead atoms. The van der Waals surface area contributed by atoms with Gasteiger partial charge in [0, 0.05) is 18.7 Å². The second-order valence-corrected chi connectivity index (χ2v) is 6.86. The molecule has 0 atom stereocenters. The number of hydrogen-bond acceptors (Lipinski definition) is 4. The Kier molecular flexibility index (Phi) is 6.71. The van der Waals surface area contributed by atoms with E-state index in [1.807, 2.05) is 30.3 Å². The molecule has 144 valence electrons. The van der Waals surface area contributed by atoms with Crippen molar-refractivity contribution in [1.29, 1.82) is 0 Å². The number of hydrogen-bond donors (Lipinski definition) is 1. The lowest BCUT2D eigenvalue weighted by Gasteiger charge is -2.14. The Morgan fingerprint density at radius 1 is 1.04 bits per heavy atom. The van der Waals surface area contributed by atoms with Crippen molar-refractivity contribution in [3.63, 3.8) is 0 Å². The normalized spacial score (nSPS) is 14.1. The van der Waals surface area contributed by atoms with E-state index in [-0.39, 0.29) is 5.91 Å². The SMILES string of the molecule is COc1ccc(OC)c(CCNC(=O)c2ccc(CN3CCCC3)cc2)c1. The molecule has 0 aliphatic carbocycles. The summed E-state index contributed by atoms with van der Waals surface area (Å²) in [6.45, 7) is 3.86. The lowest BCUT2D eigenvalue weighted by molar-refractivity contribution is 0.0954. The van der Waals surface area contributed by atoms with Gasteiger partial charge in [0.2, 0.25) is 0 Å². The fraction of sp³-hybridized carbons (Fsp3) is 0.409. The highest BCUT2D eigenvalue weighted by Crippen LogP contribution is 2.24. The van der Waals surface area contributed by atoms with Gasteiger partial charge in [-0.3, -0.25) is 9.69 Å². The lowest BCUT2D eigenvalue weighted by Crippen LogP contribution is -2.26. The molecule has 5 heteroatoms. The van der Waals surface area contributed by atoms with Gasteiger partial charge in [0.15, 0.2) is 0 Å². The average Bonchev–Trinajstić information content (AvgIpc) is 3.21. The van der Waals surface area contributed by atoms with Gasteiger partial charge in [0.25, 0.3) is 5.91 Å². The van der Waals surface area contributed by atoms with Crippen molar-refractivity contribution < 1.29 is 14.3 Å². The second-order valence-electron chi connectivity index (χ2n) is 6.86. The molecule has 1 heterocycles. The van der Waals surface area contributed by atoms with Gasteiger partial charge in [-0.2, -0.15) is 0 Å². The van der Waals surface area contributed by atoms with Crippen LogP contribution in [0.25, 0.3) is 0 Å². The van der Waals surface area contributed by atoms with Crippen LogP contribution in [0.5, 0.6) is 11.5 Å². The largest absolute Gasteiger partial charge is 0.497 e. The number of nitrogens with zero attached hydrogens (tertiary/aromatic N) is 1. The highest BCUT2D eigenvalue weighted by atomic mass is 16.5. The molecule has 1 amide bonds. The summed E-state index contributed by atoms with van der Waals surface area (Å²) < 4.78 is 10.6. The van der Waals surface area contributed by atoms with Crippen LogP contribution in [0, 0.1) is 0 Å². The summed E-state index contributed by atoms with van der Waals surface area (Å²) in [4.78, 5) is 14.8. The standard InChI is InChI=1S/C22H28N2O3/c1-26-20-9-10-21(27-2)19(15-20)11-12-23-22(25)18-7-5-17(6-8-18)16-24-13-3-4-14-24/h5-10,15H,3-4,11-14,16H2,1-2H3,(H,23,25). The number of likely N-dealkylation sites (tertiary alicyclic amines) is 1. The Balaban J connectivity index is 1.52. The Morgan fingerprint density at radius 2 is 1.78 bits per heavy atom. The second kappa shape index (κ2) is 9.42. The van der Waals surface area contributed by atoms with Crippen molar-refractivity contribution in [2.75, 3.05) is 33.9 Å². The first kappa shape index (κ1) is 19.2. The summed E-state index contributed by atoms with van der Waals surface area (Å²) >= 11 is 0. The molecule has 1 N–H and O–H groups in total. The van der Waals surface area contributed by atoms with E-state index in [0.29, 0.717) is 18.5 Å². The Hall–Kier alpha value is -2.53. The number of benzene rings is 2. The van der Waals surface area contributed by atoms with Crippen LogP contribution in [0.15, 0.2) is 42.5 Å². The summed E-state index contributed by atoms with van der Waals surface area (Å²) in [5, 5.41) is 2.98. The maximum absolute atomic E-state index is 12.4. The van der Waals surface area contributed by atoms with E-state index in [1.165, 1.54) is 31.5 Å². The first-order valence-corrected chi connectivity index (χ1v) is 9.50. The molecule has 0 saturated carbocycles. The summed E-state index contributed by atoms with van der Waals surface area (Å²) in [7, 11) is 3.29. The number of nitrogens with one attached hydrogen (secondary N) is 1. The van der Waals surface area contributed by atoms with Crippen LogP contribution < -0.4 is 14.8 Å². The maximum atomic E-state index is 12.4. The van der Waals surface area contributed by atoms with Gasteiger partial charge in [0.1, 0.15) is 11.5 Å². The molecule has 0 radical (unpaired) electrons. The van der Waals surface area contributed by atoms with Gasteiger partial charge >= 0.3 is 0 Å². The predicted octanol–water partition coefficient (Wildman–Crippen LogP) is 3.27. The van der Waals surface area contributed by atoms with Crippen molar-refractivity contribution in [3.8, 4) is 11.5 Å². The maximum Gasteiger partial charge on any atom is 0.251 e. The minimum absolute atomic E-state index is 0.0513. The molecule has 0 spiro atoms. The van der Waals surface area contributed by atoms with E-state index in [0.717, 1.165) is 23.6 Å². The average molecular weight is 368 g/mol. The molecule has 1 aliphatic heterocycles. The van der Waals surface area contributed by atoms with Crippen LogP contribution in [0.3, 0.4) is 0 Å². The predicted molar refractivity (Wildman–Crippen MR) is 107 cm³/mol. The fourth-order valence-corrected chi connectivity index (χ4v) is 3.45. The summed E-state index contributed by atoms with van der Waals surface area (Å²) in [6, 6.07) is 13.6. The van der Waals surface area contributed by atoms with E-state index in [9.17, 15) is 4.79 Å². The molecule has 1 saturated heterocycles. The molecule has 0 unspecified atom stereocenters. The Labute approximate surface area is 161 Å². The molecular weight excluding hydrogens is 340 g/mol. The number of carbonyl (C=O) groups excluding carboxylic acids is 1. The number of rotatable bonds is 8. The zero-order chi connectivity index (χ0) is 19.1. The van der Waals surface area contributed by atoms with Crippen molar-refractivity contribution >= 4 is 5.91 Å². The number of ether oxygens (including phenoxy) is 2. The third kappa shape index (κ3) is 5.23. The molecule has 3 rings (SSSR count). The van der Waals surface area contributed by atoms with Gasteiger partial charge in [0.05, 0.1) is 14.2 Å². The van der Waals surface area contributed by atoms with Gasteiger partial charge in [-0.25, -0.2) is 0 Å². The lowest BCUT2D eigenvalue weighted by atomic mass is 10.1. The Morgan fingerprint density at radius 3 is 2.44 bits per heavy atom. The Bertz CT molecular complexity index is 753. The molecule has 5 nitrogen and oxygen atoms in total. The fourth-order valence-electron chi connectivity index (χ4n) is 3.45. The quantitative estimate of drug-likeness (QED) is 0.777. The van der Waals surface area contributed by atoms with Gasteiger partial charge in [-0.15, -0.1) is 0 Å². The smallest absolute Gasteiger partial charge is 0.251 e. The van der Waals surface area contributed by atoms with Gasteiger partial charge < -0.3 is 14.8 Å². The van der Waals surface area contributed by atoms with Crippen molar-refractivity contribution in [3.05, 3.63) is 59.2 Å². The summed E-state index contributed by atoms with van der Waals surface area (Å²) in [6.07, 6.45) is 3.26. The first-order chi connectivity index (χ1) is 13.2. The van der Waals surface area contributed by atoms with Crippen molar-refractivity contribution in [1.82, 2.24) is 10.2 Å². The molecule has 27 heavy (non-hydrogen) atoms. The van der Waals surface area contributed by atoms with Gasteiger partial charge in [-0.1, -0.05) is 12.1 Å². The highest BCUT2D eigenvalue weighted by Gasteiger charge is 2.12. The third-order valence-electron chi connectivity index (χ3n) is 4.99. The van der Waals surface area contributed by atoms with Crippen LogP contribution in [-0.4, -0.2) is 44.7 Å². The van der Waals surface area contributed by atoms with Crippen LogP contribution in [0.1, 0.15) is 34.3 Å².